The first-order valence-electron chi connectivity index (χ1n) is 5.51. The molecule has 0 saturated carbocycles. The van der Waals surface area contributed by atoms with Gasteiger partial charge >= 0.3 is 0 Å². The van der Waals surface area contributed by atoms with E-state index < -0.39 is 14.7 Å². The van der Waals surface area contributed by atoms with Crippen LogP contribution in [0.25, 0.3) is 0 Å². The normalized spacial score (nSPS) is 13.5. The summed E-state index contributed by atoms with van der Waals surface area (Å²) < 4.78 is 16.6. The molecule has 1 unspecified atom stereocenters. The third-order valence-corrected chi connectivity index (χ3v) is 4.21. The van der Waals surface area contributed by atoms with Crippen molar-refractivity contribution in [1.29, 1.82) is 0 Å². The van der Waals surface area contributed by atoms with Gasteiger partial charge in [-0.25, -0.2) is 4.21 Å². The minimum atomic E-state index is -2.60. The molecular weight excluding hydrogens is 264 g/mol. The van der Waals surface area contributed by atoms with Crippen molar-refractivity contribution in [3.8, 4) is 0 Å². The van der Waals surface area contributed by atoms with Gasteiger partial charge in [-0.05, 0) is 18.2 Å². The van der Waals surface area contributed by atoms with Crippen LogP contribution in [-0.4, -0.2) is 15.4 Å². The molecule has 98 valence electrons. The smallest absolute Gasteiger partial charge is 0.258 e. The van der Waals surface area contributed by atoms with Gasteiger partial charge in [-0.1, -0.05) is 24.3 Å². The number of hydrogen-bond donors (Lipinski definition) is 0. The van der Waals surface area contributed by atoms with Crippen molar-refractivity contribution >= 4 is 21.1 Å². The van der Waals surface area contributed by atoms with Gasteiger partial charge in [-0.2, -0.15) is 4.36 Å². The fourth-order valence-corrected chi connectivity index (χ4v) is 2.87. The predicted molar refractivity (Wildman–Crippen MR) is 74.0 cm³/mol. The third-order valence-electron chi connectivity index (χ3n) is 2.50. The van der Waals surface area contributed by atoms with Crippen LogP contribution in [-0.2, 0) is 9.73 Å². The first-order valence-corrected chi connectivity index (χ1v) is 7.43. The quantitative estimate of drug-likeness (QED) is 0.637. The Morgan fingerprint density at radius 3 is 2.42 bits per heavy atom. The van der Waals surface area contributed by atoms with Crippen molar-refractivity contribution < 1.29 is 9.13 Å². The van der Waals surface area contributed by atoms with Gasteiger partial charge < -0.3 is 0 Å². The van der Waals surface area contributed by atoms with Crippen LogP contribution >= 0.6 is 0 Å². The Kier molecular flexibility index (Phi) is 3.62. The van der Waals surface area contributed by atoms with E-state index in [2.05, 4.69) is 4.36 Å². The van der Waals surface area contributed by atoms with Crippen LogP contribution in [0.4, 0.5) is 11.4 Å². The van der Waals surface area contributed by atoms with Crippen molar-refractivity contribution in [2.75, 3.05) is 6.26 Å². The summed E-state index contributed by atoms with van der Waals surface area (Å²) in [6.07, 6.45) is 1.52. The van der Waals surface area contributed by atoms with E-state index >= 15 is 0 Å². The Balaban J connectivity index is 2.49. The van der Waals surface area contributed by atoms with Crippen molar-refractivity contribution in [2.24, 2.45) is 4.36 Å². The first-order chi connectivity index (χ1) is 8.99. The topological polar surface area (TPSA) is 72.6 Å². The van der Waals surface area contributed by atoms with Gasteiger partial charge in [0, 0.05) is 23.3 Å². The highest BCUT2D eigenvalue weighted by atomic mass is 32.2. The molecular formula is C13H12N2O3S. The van der Waals surface area contributed by atoms with E-state index in [0.717, 1.165) is 0 Å². The average Bonchev–Trinajstić information content (AvgIpc) is 2.39. The molecule has 2 aromatic rings. The molecule has 0 N–H and O–H groups in total. The standard InChI is InChI=1S/C13H12N2O3S/c1-19(18,13-8-3-2-4-9-13)14-11-6-5-7-12(10-11)15(16)17/h2-10H,1H3. The monoisotopic (exact) mass is 276 g/mol. The average molecular weight is 276 g/mol. The molecule has 0 bridgehead atoms. The molecule has 0 amide bonds. The highest BCUT2D eigenvalue weighted by molar-refractivity contribution is 7.93. The molecule has 0 aliphatic rings. The maximum absolute atomic E-state index is 12.5. The van der Waals surface area contributed by atoms with E-state index in [-0.39, 0.29) is 5.69 Å². The molecule has 0 aliphatic heterocycles. The molecule has 0 aromatic heterocycles. The number of nitro groups is 1. The Morgan fingerprint density at radius 2 is 1.79 bits per heavy atom. The SMILES string of the molecule is CS(=O)(=Nc1cccc([N+](=O)[O-])c1)c1ccccc1. The van der Waals surface area contributed by atoms with Gasteiger partial charge in [0.15, 0.2) is 0 Å². The van der Waals surface area contributed by atoms with Crippen LogP contribution in [0.2, 0.25) is 0 Å². The van der Waals surface area contributed by atoms with Crippen molar-refractivity contribution in [3.63, 3.8) is 0 Å². The van der Waals surface area contributed by atoms with Crippen molar-refractivity contribution in [3.05, 3.63) is 64.7 Å². The minimum Gasteiger partial charge on any atom is -0.258 e. The molecule has 1 atom stereocenters. The van der Waals surface area contributed by atoms with Crippen molar-refractivity contribution in [2.45, 2.75) is 4.90 Å². The lowest BCUT2D eigenvalue weighted by atomic mass is 10.3. The van der Waals surface area contributed by atoms with Crippen LogP contribution in [0, 0.1) is 10.1 Å². The van der Waals surface area contributed by atoms with Gasteiger partial charge in [0.25, 0.3) is 5.69 Å². The summed E-state index contributed by atoms with van der Waals surface area (Å²) in [6.45, 7) is 0. The lowest BCUT2D eigenvalue weighted by Crippen LogP contribution is -1.96. The summed E-state index contributed by atoms with van der Waals surface area (Å²) >= 11 is 0. The molecule has 19 heavy (non-hydrogen) atoms. The predicted octanol–water partition coefficient (Wildman–Crippen LogP) is 3.38. The van der Waals surface area contributed by atoms with E-state index in [1.165, 1.54) is 24.5 Å². The summed E-state index contributed by atoms with van der Waals surface area (Å²) in [5.41, 5.74) is 0.273. The van der Waals surface area contributed by atoms with E-state index in [1.54, 1.807) is 30.3 Å². The van der Waals surface area contributed by atoms with Crippen molar-refractivity contribution in [1.82, 2.24) is 0 Å². The highest BCUT2D eigenvalue weighted by Gasteiger charge is 2.08. The number of rotatable bonds is 3. The van der Waals surface area contributed by atoms with Crippen LogP contribution in [0.3, 0.4) is 0 Å². The molecule has 0 spiro atoms. The maximum Gasteiger partial charge on any atom is 0.271 e. The van der Waals surface area contributed by atoms with Crippen LogP contribution in [0.5, 0.6) is 0 Å². The number of nitro benzene ring substituents is 1. The summed E-state index contributed by atoms with van der Waals surface area (Å²) in [5, 5.41) is 10.7. The molecule has 0 saturated heterocycles. The second-order valence-electron chi connectivity index (χ2n) is 3.98. The fourth-order valence-electron chi connectivity index (χ4n) is 1.59. The van der Waals surface area contributed by atoms with E-state index in [4.69, 9.17) is 0 Å². The summed E-state index contributed by atoms with van der Waals surface area (Å²) in [5.74, 6) is 0. The van der Waals surface area contributed by atoms with Gasteiger partial charge in [0.05, 0.1) is 20.3 Å². The Hall–Kier alpha value is -2.21. The summed E-state index contributed by atoms with van der Waals surface area (Å²) in [7, 11) is -2.60. The van der Waals surface area contributed by atoms with Gasteiger partial charge in [-0.3, -0.25) is 10.1 Å². The molecule has 2 rings (SSSR count). The third kappa shape index (κ3) is 3.17. The number of benzene rings is 2. The molecule has 0 heterocycles. The Bertz CT molecular complexity index is 720. The zero-order valence-corrected chi connectivity index (χ0v) is 11.0. The van der Waals surface area contributed by atoms with Crippen LogP contribution in [0.15, 0.2) is 63.9 Å². The summed E-state index contributed by atoms with van der Waals surface area (Å²) in [4.78, 5) is 10.8. The zero-order chi connectivity index (χ0) is 13.9. The van der Waals surface area contributed by atoms with Gasteiger partial charge in [-0.15, -0.1) is 0 Å². The molecule has 2 aromatic carbocycles. The number of hydrogen-bond acceptors (Lipinski definition) is 4. The van der Waals surface area contributed by atoms with E-state index in [9.17, 15) is 14.3 Å². The highest BCUT2D eigenvalue weighted by Crippen LogP contribution is 2.23. The van der Waals surface area contributed by atoms with E-state index in [1.807, 2.05) is 6.07 Å². The number of nitrogens with zero attached hydrogens (tertiary/aromatic N) is 2. The molecule has 5 nitrogen and oxygen atoms in total. The lowest BCUT2D eigenvalue weighted by Gasteiger charge is -2.04. The maximum atomic E-state index is 12.5. The van der Waals surface area contributed by atoms with Crippen LogP contribution < -0.4 is 0 Å². The second kappa shape index (κ2) is 5.19. The Morgan fingerprint density at radius 1 is 1.11 bits per heavy atom. The first kappa shape index (κ1) is 13.2. The molecule has 0 radical (unpaired) electrons. The van der Waals surface area contributed by atoms with Gasteiger partial charge in [0.1, 0.15) is 0 Å². The molecule has 0 fully saturated rings. The second-order valence-corrected chi connectivity index (χ2v) is 6.24. The number of non-ortho nitro benzene ring substituents is 1. The lowest BCUT2D eigenvalue weighted by molar-refractivity contribution is -0.384. The van der Waals surface area contributed by atoms with Crippen LogP contribution in [0.1, 0.15) is 0 Å². The largest absolute Gasteiger partial charge is 0.271 e. The minimum absolute atomic E-state index is 0.0653. The van der Waals surface area contributed by atoms with E-state index in [0.29, 0.717) is 10.6 Å². The molecule has 6 heteroatoms. The summed E-state index contributed by atoms with van der Waals surface area (Å²) in [6, 6.07) is 14.6. The molecule has 0 aliphatic carbocycles. The fraction of sp³-hybridized carbons (Fsp3) is 0.0769. The zero-order valence-electron chi connectivity index (χ0n) is 10.2. The Labute approximate surface area is 111 Å². The van der Waals surface area contributed by atoms with Gasteiger partial charge in [0.2, 0.25) is 0 Å².